The Morgan fingerprint density at radius 2 is 2.00 bits per heavy atom. The van der Waals surface area contributed by atoms with Crippen LogP contribution >= 0.6 is 22.9 Å². The fourth-order valence-electron chi connectivity index (χ4n) is 3.63. The van der Waals surface area contributed by atoms with E-state index in [0.29, 0.717) is 10.0 Å². The summed E-state index contributed by atoms with van der Waals surface area (Å²) in [6, 6.07) is 8.40. The summed E-state index contributed by atoms with van der Waals surface area (Å²) in [7, 11) is 1.60. The first-order valence-corrected chi connectivity index (χ1v) is 10.8. The van der Waals surface area contributed by atoms with Gasteiger partial charge in [0, 0.05) is 6.20 Å². The Balaban J connectivity index is 1.96. The van der Waals surface area contributed by atoms with E-state index in [0.717, 1.165) is 4.88 Å². The van der Waals surface area contributed by atoms with Crippen LogP contribution in [-0.4, -0.2) is 32.9 Å². The van der Waals surface area contributed by atoms with E-state index in [4.69, 9.17) is 16.3 Å². The maximum Gasteiger partial charge on any atom is 0.479 e. The minimum absolute atomic E-state index is 0.147. The third-order valence-electron chi connectivity index (χ3n) is 4.90. The average Bonchev–Trinajstić information content (AvgIpc) is 3.30. The molecule has 1 atom stereocenters. The van der Waals surface area contributed by atoms with Crippen LogP contribution < -0.4 is 15.0 Å². The molecule has 162 valence electrons. The number of benzene rings is 1. The molecule has 3 heterocycles. The molecule has 8 nitrogen and oxygen atoms in total. The monoisotopic (exact) mass is 461 g/mol. The summed E-state index contributed by atoms with van der Waals surface area (Å²) in [4.78, 5) is 32.8. The van der Waals surface area contributed by atoms with Gasteiger partial charge in [0.25, 0.3) is 5.88 Å². The van der Waals surface area contributed by atoms with E-state index in [9.17, 15) is 14.7 Å². The Morgan fingerprint density at radius 1 is 1.32 bits per heavy atom. The van der Waals surface area contributed by atoms with Crippen LogP contribution in [0.25, 0.3) is 11.1 Å². The normalized spacial score (nSPS) is 15.8. The summed E-state index contributed by atoms with van der Waals surface area (Å²) >= 11 is 7.28. The molecule has 10 heteroatoms. The number of amides is 1. The maximum absolute atomic E-state index is 13.6. The molecule has 0 fully saturated rings. The van der Waals surface area contributed by atoms with E-state index in [-0.39, 0.29) is 23.9 Å². The molecule has 31 heavy (non-hydrogen) atoms. The molecule has 3 aromatic rings. The lowest BCUT2D eigenvalue weighted by atomic mass is 10.1. The number of rotatable bonds is 2. The van der Waals surface area contributed by atoms with Crippen molar-refractivity contribution in [3.8, 4) is 17.0 Å². The highest BCUT2D eigenvalue weighted by molar-refractivity contribution is 7.15. The van der Waals surface area contributed by atoms with Crippen molar-refractivity contribution in [2.45, 2.75) is 32.4 Å². The molecule has 0 radical (unpaired) electrons. The van der Waals surface area contributed by atoms with Gasteiger partial charge in [0.2, 0.25) is 0 Å². The number of anilines is 1. The first-order valence-electron chi connectivity index (χ1n) is 9.63. The van der Waals surface area contributed by atoms with Gasteiger partial charge in [-0.15, -0.1) is 11.3 Å². The second-order valence-electron chi connectivity index (χ2n) is 8.22. The number of halogens is 1. The van der Waals surface area contributed by atoms with Gasteiger partial charge < -0.3 is 9.84 Å². The highest BCUT2D eigenvalue weighted by atomic mass is 35.5. The Morgan fingerprint density at radius 3 is 2.58 bits per heavy atom. The molecule has 0 aliphatic carbocycles. The predicted octanol–water partition coefficient (Wildman–Crippen LogP) is 3.50. The fourth-order valence-corrected chi connectivity index (χ4v) is 4.66. The number of ether oxygens (including phenoxy) is 1. The predicted molar refractivity (Wildman–Crippen MR) is 118 cm³/mol. The quantitative estimate of drug-likeness (QED) is 0.590. The zero-order valence-electron chi connectivity index (χ0n) is 17.5. The Labute approximate surface area is 187 Å². The highest BCUT2D eigenvalue weighted by Gasteiger charge is 2.48. The molecule has 1 aromatic carbocycles. The summed E-state index contributed by atoms with van der Waals surface area (Å²) in [6.45, 7) is 5.45. The van der Waals surface area contributed by atoms with Gasteiger partial charge in [-0.2, -0.15) is 9.47 Å². The molecular formula is C21H22ClN4O4S+. The fraction of sp³-hybridized carbons (Fsp3) is 0.333. The van der Waals surface area contributed by atoms with Crippen molar-refractivity contribution in [1.29, 1.82) is 0 Å². The molecule has 1 N–H and O–H groups in total. The van der Waals surface area contributed by atoms with Crippen LogP contribution in [-0.2, 0) is 11.8 Å². The van der Waals surface area contributed by atoms with Crippen molar-refractivity contribution in [1.82, 2.24) is 9.55 Å². The van der Waals surface area contributed by atoms with Gasteiger partial charge in [-0.1, -0.05) is 41.9 Å². The Bertz CT molecular complexity index is 1220. The van der Waals surface area contributed by atoms with Crippen molar-refractivity contribution in [3.63, 3.8) is 0 Å². The Kier molecular flexibility index (Phi) is 5.26. The number of carbonyl (C=O) groups excluding carboxylic acids is 1. The van der Waals surface area contributed by atoms with Crippen molar-refractivity contribution in [3.05, 3.63) is 56.2 Å². The van der Waals surface area contributed by atoms with Crippen molar-refractivity contribution >= 4 is 35.0 Å². The largest absolute Gasteiger partial charge is 0.483 e. The molecule has 1 aliphatic rings. The van der Waals surface area contributed by atoms with Crippen LogP contribution in [0, 0.1) is 0 Å². The summed E-state index contributed by atoms with van der Waals surface area (Å²) in [5, 5.41) is 10.9. The Hall–Kier alpha value is -2.91. The molecule has 2 aromatic heterocycles. The van der Waals surface area contributed by atoms with E-state index in [1.54, 1.807) is 58.3 Å². The number of fused-ring (bicyclic) bond motifs is 1. The van der Waals surface area contributed by atoms with Crippen molar-refractivity contribution in [2.75, 3.05) is 11.4 Å². The van der Waals surface area contributed by atoms with Crippen LogP contribution in [0.1, 0.15) is 31.7 Å². The molecular weight excluding hydrogens is 440 g/mol. The molecule has 0 bridgehead atoms. The van der Waals surface area contributed by atoms with Crippen LogP contribution in [0.15, 0.2) is 41.3 Å². The van der Waals surface area contributed by atoms with Crippen LogP contribution in [0.5, 0.6) is 5.88 Å². The number of hydrogen-bond acceptors (Lipinski definition) is 6. The first-order chi connectivity index (χ1) is 14.6. The molecule has 4 rings (SSSR count). The summed E-state index contributed by atoms with van der Waals surface area (Å²) < 4.78 is 8.82. The molecule has 1 amide bonds. The van der Waals surface area contributed by atoms with Gasteiger partial charge in [-0.25, -0.2) is 19.1 Å². The molecule has 1 aliphatic heterocycles. The van der Waals surface area contributed by atoms with Gasteiger partial charge in [0.15, 0.2) is 10.5 Å². The smallest absolute Gasteiger partial charge is 0.479 e. The first kappa shape index (κ1) is 21.3. The summed E-state index contributed by atoms with van der Waals surface area (Å²) in [6.07, 6.45) is 0.989. The second kappa shape index (κ2) is 7.65. The second-order valence-corrected chi connectivity index (χ2v) is 9.87. The highest BCUT2D eigenvalue weighted by Crippen LogP contribution is 2.37. The number of aromatic nitrogens is 3. The zero-order chi connectivity index (χ0) is 22.5. The van der Waals surface area contributed by atoms with Crippen LogP contribution in [0.3, 0.4) is 0 Å². The lowest BCUT2D eigenvalue weighted by molar-refractivity contribution is -0.667. The zero-order valence-corrected chi connectivity index (χ0v) is 19.1. The third kappa shape index (κ3) is 3.79. The lowest BCUT2D eigenvalue weighted by Crippen LogP contribution is -2.45. The van der Waals surface area contributed by atoms with E-state index < -0.39 is 23.3 Å². The number of thiazole rings is 1. The van der Waals surface area contributed by atoms with Crippen LogP contribution in [0.2, 0.25) is 4.47 Å². The number of nitrogens with zero attached hydrogens (tertiary/aromatic N) is 4. The van der Waals surface area contributed by atoms with E-state index >= 15 is 0 Å². The standard InChI is InChI=1S/C21H21ClN4O4S/c1-21(2,3)30-20(29)25-11-13(14-10-23-18(22)31-14)26-17(28)15(12-8-6-5-7-9-12)16(27)24(4)19(25)26/h5-10,13H,11H2,1-4H3/p+1. The number of hydrogen-bond donors (Lipinski definition) is 1. The molecule has 1 unspecified atom stereocenters. The van der Waals surface area contributed by atoms with Crippen molar-refractivity contribution < 1.29 is 19.2 Å². The van der Waals surface area contributed by atoms with Gasteiger partial charge >= 0.3 is 17.6 Å². The van der Waals surface area contributed by atoms with Gasteiger partial charge in [-0.05, 0) is 26.3 Å². The minimum Gasteiger partial charge on any atom is -0.483 e. The summed E-state index contributed by atoms with van der Waals surface area (Å²) in [5.74, 6) is -0.00931. The maximum atomic E-state index is 13.6. The van der Waals surface area contributed by atoms with Gasteiger partial charge in [0.05, 0.1) is 11.9 Å². The number of aromatic hydroxyl groups is 1. The third-order valence-corrected chi connectivity index (χ3v) is 6.11. The molecule has 0 saturated carbocycles. The average molecular weight is 462 g/mol. The van der Waals surface area contributed by atoms with Gasteiger partial charge in [0.1, 0.15) is 17.7 Å². The topological polar surface area (TPSA) is 88.5 Å². The van der Waals surface area contributed by atoms with E-state index in [2.05, 4.69) is 4.98 Å². The van der Waals surface area contributed by atoms with Crippen LogP contribution in [0.4, 0.5) is 10.7 Å². The lowest BCUT2D eigenvalue weighted by Gasteiger charge is -2.21. The number of carbonyl (C=O) groups is 1. The minimum atomic E-state index is -0.724. The van der Waals surface area contributed by atoms with E-state index in [1.165, 1.54) is 25.4 Å². The summed E-state index contributed by atoms with van der Waals surface area (Å²) in [5.41, 5.74) is -0.415. The molecule has 0 spiro atoms. The SMILES string of the molecule is C[n+]1c(O)c(-c2ccccc2)c(=O)n2c1N(C(=O)OC(C)(C)C)CC2c1cnc(Cl)s1. The van der Waals surface area contributed by atoms with E-state index in [1.807, 2.05) is 6.07 Å². The van der Waals surface area contributed by atoms with Crippen molar-refractivity contribution in [2.24, 2.45) is 7.05 Å². The van der Waals surface area contributed by atoms with Gasteiger partial charge in [-0.3, -0.25) is 0 Å². The molecule has 0 saturated heterocycles.